The van der Waals surface area contributed by atoms with Gasteiger partial charge in [0, 0.05) is 26.1 Å². The van der Waals surface area contributed by atoms with Crippen molar-refractivity contribution < 1.29 is 0 Å². The van der Waals surface area contributed by atoms with Crippen molar-refractivity contribution in [3.8, 4) is 0 Å². The molecule has 0 saturated heterocycles. The standard InChI is InChI=1S/C9H17N5/c1-14(2)9-11-8(12-13-9)6-3-4-7(10)5-6/h6-7H,3-5,10H2,1-2H3,(H,11,12,13). The van der Waals surface area contributed by atoms with Crippen LogP contribution >= 0.6 is 0 Å². The number of aromatic nitrogens is 3. The lowest BCUT2D eigenvalue weighted by atomic mass is 10.1. The minimum atomic E-state index is 0.341. The first-order valence-electron chi connectivity index (χ1n) is 5.02. The summed E-state index contributed by atoms with van der Waals surface area (Å²) in [7, 11) is 3.88. The van der Waals surface area contributed by atoms with Crippen LogP contribution in [0.15, 0.2) is 0 Å². The Labute approximate surface area is 83.7 Å². The van der Waals surface area contributed by atoms with Gasteiger partial charge in [-0.3, -0.25) is 5.10 Å². The van der Waals surface area contributed by atoms with Gasteiger partial charge in [-0.25, -0.2) is 0 Å². The normalized spacial score (nSPS) is 26.8. The van der Waals surface area contributed by atoms with Crippen molar-refractivity contribution in [2.45, 2.75) is 31.2 Å². The second-order valence-electron chi connectivity index (χ2n) is 4.19. The first-order chi connectivity index (χ1) is 6.66. The predicted molar refractivity (Wildman–Crippen MR) is 55.3 cm³/mol. The van der Waals surface area contributed by atoms with Gasteiger partial charge in [-0.1, -0.05) is 0 Å². The Kier molecular flexibility index (Phi) is 2.41. The van der Waals surface area contributed by atoms with E-state index in [9.17, 15) is 0 Å². The summed E-state index contributed by atoms with van der Waals surface area (Å²) in [5, 5.41) is 7.13. The molecule has 0 bridgehead atoms. The largest absolute Gasteiger partial charge is 0.346 e. The predicted octanol–water partition coefficient (Wildman–Crippen LogP) is 0.465. The highest BCUT2D eigenvalue weighted by atomic mass is 15.3. The Morgan fingerprint density at radius 2 is 2.21 bits per heavy atom. The van der Waals surface area contributed by atoms with Crippen LogP contribution in [0.5, 0.6) is 0 Å². The highest BCUT2D eigenvalue weighted by Crippen LogP contribution is 2.31. The van der Waals surface area contributed by atoms with E-state index in [1.165, 1.54) is 0 Å². The van der Waals surface area contributed by atoms with Crippen LogP contribution < -0.4 is 10.6 Å². The summed E-state index contributed by atoms with van der Waals surface area (Å²) in [6, 6.07) is 0.341. The van der Waals surface area contributed by atoms with E-state index in [-0.39, 0.29) is 0 Å². The summed E-state index contributed by atoms with van der Waals surface area (Å²) in [5.74, 6) is 2.22. The van der Waals surface area contributed by atoms with Gasteiger partial charge in [-0.15, -0.1) is 5.10 Å². The van der Waals surface area contributed by atoms with E-state index in [2.05, 4.69) is 15.2 Å². The van der Waals surface area contributed by atoms with Crippen molar-refractivity contribution in [3.05, 3.63) is 5.82 Å². The molecule has 5 nitrogen and oxygen atoms in total. The van der Waals surface area contributed by atoms with Gasteiger partial charge in [-0.05, 0) is 19.3 Å². The van der Waals surface area contributed by atoms with E-state index in [4.69, 9.17) is 5.73 Å². The quantitative estimate of drug-likeness (QED) is 0.719. The average molecular weight is 195 g/mol. The molecular formula is C9H17N5. The van der Waals surface area contributed by atoms with Crippen molar-refractivity contribution in [2.24, 2.45) is 5.73 Å². The average Bonchev–Trinajstić information content (AvgIpc) is 2.70. The Morgan fingerprint density at radius 1 is 1.43 bits per heavy atom. The number of rotatable bonds is 2. The highest BCUT2D eigenvalue weighted by Gasteiger charge is 2.25. The smallest absolute Gasteiger partial charge is 0.244 e. The van der Waals surface area contributed by atoms with Crippen LogP contribution in [0, 0.1) is 0 Å². The second kappa shape index (κ2) is 3.57. The third kappa shape index (κ3) is 1.72. The van der Waals surface area contributed by atoms with Gasteiger partial charge >= 0.3 is 0 Å². The zero-order chi connectivity index (χ0) is 10.1. The van der Waals surface area contributed by atoms with E-state index in [0.29, 0.717) is 12.0 Å². The first-order valence-corrected chi connectivity index (χ1v) is 5.02. The number of aromatic amines is 1. The van der Waals surface area contributed by atoms with Crippen molar-refractivity contribution >= 4 is 5.95 Å². The summed E-state index contributed by atoms with van der Waals surface area (Å²) in [4.78, 5) is 6.33. The zero-order valence-corrected chi connectivity index (χ0v) is 8.70. The number of nitrogens with one attached hydrogen (secondary N) is 1. The van der Waals surface area contributed by atoms with Crippen LogP contribution in [0.1, 0.15) is 31.0 Å². The fourth-order valence-corrected chi connectivity index (χ4v) is 1.91. The molecule has 14 heavy (non-hydrogen) atoms. The van der Waals surface area contributed by atoms with E-state index < -0.39 is 0 Å². The molecule has 2 unspecified atom stereocenters. The molecule has 1 aromatic heterocycles. The van der Waals surface area contributed by atoms with Crippen molar-refractivity contribution in [2.75, 3.05) is 19.0 Å². The van der Waals surface area contributed by atoms with E-state index in [0.717, 1.165) is 31.0 Å². The van der Waals surface area contributed by atoms with Gasteiger partial charge in [0.05, 0.1) is 0 Å². The zero-order valence-electron chi connectivity index (χ0n) is 8.70. The van der Waals surface area contributed by atoms with Gasteiger partial charge in [-0.2, -0.15) is 4.98 Å². The maximum absolute atomic E-state index is 5.86. The summed E-state index contributed by atoms with van der Waals surface area (Å²) in [6.45, 7) is 0. The molecule has 1 heterocycles. The molecule has 0 amide bonds. The van der Waals surface area contributed by atoms with Crippen LogP contribution in [-0.4, -0.2) is 35.3 Å². The molecule has 2 rings (SSSR count). The van der Waals surface area contributed by atoms with Gasteiger partial charge in [0.25, 0.3) is 0 Å². The summed E-state index contributed by atoms with van der Waals surface area (Å²) in [5.41, 5.74) is 5.86. The summed E-state index contributed by atoms with van der Waals surface area (Å²) >= 11 is 0. The molecule has 0 spiro atoms. The maximum atomic E-state index is 5.86. The molecule has 1 aliphatic carbocycles. The molecule has 78 valence electrons. The minimum Gasteiger partial charge on any atom is -0.346 e. The molecule has 1 fully saturated rings. The van der Waals surface area contributed by atoms with Crippen molar-refractivity contribution in [1.82, 2.24) is 15.2 Å². The Balaban J connectivity index is 2.09. The lowest BCUT2D eigenvalue weighted by molar-refractivity contribution is 0.645. The monoisotopic (exact) mass is 195 g/mol. The van der Waals surface area contributed by atoms with E-state index in [1.54, 1.807) is 0 Å². The number of hydrogen-bond acceptors (Lipinski definition) is 4. The van der Waals surface area contributed by atoms with Crippen LogP contribution in [0.2, 0.25) is 0 Å². The molecule has 0 radical (unpaired) electrons. The van der Waals surface area contributed by atoms with E-state index >= 15 is 0 Å². The number of H-pyrrole nitrogens is 1. The summed E-state index contributed by atoms with van der Waals surface area (Å²) in [6.07, 6.45) is 3.26. The van der Waals surface area contributed by atoms with Gasteiger partial charge in [0.15, 0.2) is 0 Å². The Bertz CT molecular complexity index is 306. The molecule has 1 aliphatic rings. The lowest BCUT2D eigenvalue weighted by Gasteiger charge is -2.05. The lowest BCUT2D eigenvalue weighted by Crippen LogP contribution is -2.14. The molecule has 1 saturated carbocycles. The molecule has 0 aromatic carbocycles. The van der Waals surface area contributed by atoms with Gasteiger partial charge in [0.2, 0.25) is 5.95 Å². The second-order valence-corrected chi connectivity index (χ2v) is 4.19. The Morgan fingerprint density at radius 3 is 2.71 bits per heavy atom. The Hall–Kier alpha value is -1.10. The third-order valence-corrected chi connectivity index (χ3v) is 2.75. The minimum absolute atomic E-state index is 0.341. The summed E-state index contributed by atoms with van der Waals surface area (Å²) < 4.78 is 0. The highest BCUT2D eigenvalue weighted by molar-refractivity contribution is 5.25. The van der Waals surface area contributed by atoms with Crippen LogP contribution in [0.4, 0.5) is 5.95 Å². The van der Waals surface area contributed by atoms with Crippen molar-refractivity contribution in [1.29, 1.82) is 0 Å². The molecule has 3 N–H and O–H groups in total. The maximum Gasteiger partial charge on any atom is 0.244 e. The first kappa shape index (κ1) is 9.45. The SMILES string of the molecule is CN(C)c1n[nH]c(C2CCC(N)C2)n1. The van der Waals surface area contributed by atoms with E-state index in [1.807, 2.05) is 19.0 Å². The molecule has 2 atom stereocenters. The third-order valence-electron chi connectivity index (χ3n) is 2.75. The molecule has 1 aromatic rings. The fraction of sp³-hybridized carbons (Fsp3) is 0.778. The topological polar surface area (TPSA) is 70.8 Å². The number of nitrogens with two attached hydrogens (primary N) is 1. The number of nitrogens with zero attached hydrogens (tertiary/aromatic N) is 3. The van der Waals surface area contributed by atoms with Gasteiger partial charge < -0.3 is 10.6 Å². The fourth-order valence-electron chi connectivity index (χ4n) is 1.91. The van der Waals surface area contributed by atoms with Crippen LogP contribution in [0.3, 0.4) is 0 Å². The van der Waals surface area contributed by atoms with Gasteiger partial charge in [0.1, 0.15) is 5.82 Å². The molecular weight excluding hydrogens is 178 g/mol. The van der Waals surface area contributed by atoms with Crippen LogP contribution in [-0.2, 0) is 0 Å². The number of anilines is 1. The van der Waals surface area contributed by atoms with Crippen molar-refractivity contribution in [3.63, 3.8) is 0 Å². The number of hydrogen-bond donors (Lipinski definition) is 2. The molecule has 0 aliphatic heterocycles. The molecule has 5 heteroatoms. The van der Waals surface area contributed by atoms with Crippen LogP contribution in [0.25, 0.3) is 0 Å².